The fraction of sp³-hybridized carbons (Fsp3) is 0. The van der Waals surface area contributed by atoms with Crippen LogP contribution in [0.15, 0.2) is 106 Å². The van der Waals surface area contributed by atoms with E-state index in [2.05, 4.69) is 31.6 Å². The Labute approximate surface area is 241 Å². The molecule has 0 unspecified atom stereocenters. The molecule has 9 N–H and O–H groups in total. The maximum Gasteiger partial charge on any atom is 0.271 e. The molecule has 12 heteroatoms. The first kappa shape index (κ1) is 28.7. The molecule has 42 heavy (non-hydrogen) atoms. The van der Waals surface area contributed by atoms with Crippen LogP contribution in [0.25, 0.3) is 0 Å². The van der Waals surface area contributed by atoms with Crippen molar-refractivity contribution in [3.8, 4) is 0 Å². The fourth-order valence-corrected chi connectivity index (χ4v) is 3.52. The molecule has 12 nitrogen and oxygen atoms in total. The van der Waals surface area contributed by atoms with Crippen LogP contribution in [-0.2, 0) is 0 Å². The average Bonchev–Trinajstić information content (AvgIpc) is 2.98. The van der Waals surface area contributed by atoms with Crippen molar-refractivity contribution in [2.45, 2.75) is 0 Å². The molecule has 0 heterocycles. The normalized spacial score (nSPS) is 11.1. The predicted octanol–water partition coefficient (Wildman–Crippen LogP) is 2.72. The van der Waals surface area contributed by atoms with E-state index in [4.69, 9.17) is 17.2 Å². The second-order valence-electron chi connectivity index (χ2n) is 8.90. The number of carbonyl (C=O) groups is 3. The van der Waals surface area contributed by atoms with E-state index >= 15 is 0 Å². The Balaban J connectivity index is 1.49. The summed E-state index contributed by atoms with van der Waals surface area (Å²) in [5, 5.41) is 12.1. The van der Waals surface area contributed by atoms with Crippen LogP contribution >= 0.6 is 0 Å². The summed E-state index contributed by atoms with van der Waals surface area (Å²) in [4.78, 5) is 37.1. The van der Waals surface area contributed by atoms with Gasteiger partial charge in [-0.15, -0.1) is 0 Å². The Bertz CT molecular complexity index is 1450. The van der Waals surface area contributed by atoms with E-state index in [-0.39, 0.29) is 0 Å². The van der Waals surface area contributed by atoms with Gasteiger partial charge in [0.05, 0.1) is 18.6 Å². The van der Waals surface area contributed by atoms with Crippen molar-refractivity contribution in [2.24, 2.45) is 15.3 Å². The largest absolute Gasteiger partial charge is 0.399 e. The van der Waals surface area contributed by atoms with Gasteiger partial charge in [0, 0.05) is 33.8 Å². The number of amides is 3. The highest BCUT2D eigenvalue weighted by Gasteiger charge is 2.06. The number of hydrazone groups is 3. The van der Waals surface area contributed by atoms with Gasteiger partial charge >= 0.3 is 0 Å². The molecule has 0 aliphatic carbocycles. The Hall–Kier alpha value is -6.30. The Morgan fingerprint density at radius 1 is 0.452 bits per heavy atom. The van der Waals surface area contributed by atoms with Gasteiger partial charge in [-0.3, -0.25) is 14.4 Å². The van der Waals surface area contributed by atoms with Crippen molar-refractivity contribution in [3.63, 3.8) is 0 Å². The van der Waals surface area contributed by atoms with Crippen LogP contribution in [0.4, 0.5) is 17.1 Å². The van der Waals surface area contributed by atoms with Crippen LogP contribution in [-0.4, -0.2) is 36.4 Å². The number of nitrogen functional groups attached to an aromatic ring is 3. The monoisotopic (exact) mass is 561 g/mol. The maximum atomic E-state index is 12.4. The van der Waals surface area contributed by atoms with E-state index in [9.17, 15) is 14.4 Å². The summed E-state index contributed by atoms with van der Waals surface area (Å²) in [6.45, 7) is 0. The van der Waals surface area contributed by atoms with Crippen molar-refractivity contribution in [2.75, 3.05) is 17.2 Å². The molecule has 0 fully saturated rings. The molecule has 3 amide bonds. The second-order valence-corrected chi connectivity index (χ2v) is 8.90. The molecule has 0 atom stereocenters. The third-order valence-electron chi connectivity index (χ3n) is 5.66. The number of hydrogen-bond donors (Lipinski definition) is 6. The van der Waals surface area contributed by atoms with Crippen molar-refractivity contribution in [1.29, 1.82) is 0 Å². The average molecular weight is 562 g/mol. The quantitative estimate of drug-likeness (QED) is 0.103. The predicted molar refractivity (Wildman–Crippen MR) is 164 cm³/mol. The molecule has 0 bridgehead atoms. The van der Waals surface area contributed by atoms with Gasteiger partial charge in [-0.2, -0.15) is 15.3 Å². The van der Waals surface area contributed by atoms with E-state index in [1.54, 1.807) is 91.0 Å². The lowest BCUT2D eigenvalue weighted by Crippen LogP contribution is -2.18. The lowest BCUT2D eigenvalue weighted by Gasteiger charge is -2.04. The third-order valence-corrected chi connectivity index (χ3v) is 5.66. The summed E-state index contributed by atoms with van der Waals surface area (Å²) < 4.78 is 0. The summed E-state index contributed by atoms with van der Waals surface area (Å²) in [6, 6.07) is 24.4. The molecular formula is C30H27N9O3. The molecule has 4 rings (SSSR count). The first-order valence-electron chi connectivity index (χ1n) is 12.5. The van der Waals surface area contributed by atoms with Gasteiger partial charge in [-0.25, -0.2) is 16.3 Å². The smallest absolute Gasteiger partial charge is 0.271 e. The van der Waals surface area contributed by atoms with Crippen molar-refractivity contribution in [3.05, 3.63) is 124 Å². The molecule has 0 spiro atoms. The third kappa shape index (κ3) is 8.35. The maximum absolute atomic E-state index is 12.4. The molecule has 0 aliphatic rings. The number of anilines is 3. The highest BCUT2D eigenvalue weighted by atomic mass is 16.2. The Morgan fingerprint density at radius 3 is 0.929 bits per heavy atom. The number of hydrogen-bond acceptors (Lipinski definition) is 9. The minimum absolute atomic E-state index is 0.392. The van der Waals surface area contributed by atoms with Crippen LogP contribution in [0.2, 0.25) is 0 Å². The van der Waals surface area contributed by atoms with Crippen LogP contribution < -0.4 is 33.5 Å². The molecule has 0 aliphatic heterocycles. The zero-order valence-corrected chi connectivity index (χ0v) is 22.2. The van der Waals surface area contributed by atoms with Crippen molar-refractivity contribution < 1.29 is 14.4 Å². The minimum Gasteiger partial charge on any atom is -0.399 e. The Kier molecular flexibility index (Phi) is 9.34. The minimum atomic E-state index is -0.415. The van der Waals surface area contributed by atoms with Gasteiger partial charge in [0.1, 0.15) is 0 Å². The molecule has 4 aromatic carbocycles. The molecule has 0 aromatic heterocycles. The molecule has 0 radical (unpaired) electrons. The number of nitrogens with two attached hydrogens (primary N) is 3. The van der Waals surface area contributed by atoms with Crippen LogP contribution in [0, 0.1) is 0 Å². The van der Waals surface area contributed by atoms with Gasteiger partial charge in [0.25, 0.3) is 17.7 Å². The number of rotatable bonds is 9. The number of nitrogens with one attached hydrogen (secondary N) is 3. The highest BCUT2D eigenvalue weighted by molar-refractivity contribution is 5.98. The van der Waals surface area contributed by atoms with E-state index in [0.717, 1.165) is 0 Å². The zero-order chi connectivity index (χ0) is 29.9. The van der Waals surface area contributed by atoms with E-state index in [0.29, 0.717) is 50.4 Å². The van der Waals surface area contributed by atoms with Crippen molar-refractivity contribution in [1.82, 2.24) is 16.3 Å². The summed E-state index contributed by atoms with van der Waals surface area (Å²) in [7, 11) is 0. The van der Waals surface area contributed by atoms with Gasteiger partial charge < -0.3 is 17.2 Å². The highest BCUT2D eigenvalue weighted by Crippen LogP contribution is 2.09. The number of carbonyl (C=O) groups excluding carboxylic acids is 3. The topological polar surface area (TPSA) is 202 Å². The second kappa shape index (κ2) is 13.7. The summed E-state index contributed by atoms with van der Waals surface area (Å²) in [6.07, 6.45) is 4.30. The SMILES string of the molecule is Nc1ccc(C(=O)N/N=C\c2cc(/C=N\NC(=O)c3ccc(N)cc3)cc(/C=N/NC(=O)c3ccc(N)cc3)c2)cc1. The lowest BCUT2D eigenvalue weighted by molar-refractivity contribution is 0.0947. The van der Waals surface area contributed by atoms with Crippen molar-refractivity contribution >= 4 is 53.4 Å². The number of nitrogens with zero attached hydrogens (tertiary/aromatic N) is 3. The van der Waals surface area contributed by atoms with Crippen LogP contribution in [0.5, 0.6) is 0 Å². The van der Waals surface area contributed by atoms with Gasteiger partial charge in [0.2, 0.25) is 0 Å². The van der Waals surface area contributed by atoms with Gasteiger partial charge in [0.15, 0.2) is 0 Å². The molecular weight excluding hydrogens is 534 g/mol. The van der Waals surface area contributed by atoms with Crippen LogP contribution in [0.3, 0.4) is 0 Å². The van der Waals surface area contributed by atoms with E-state index in [1.165, 1.54) is 18.6 Å². The lowest BCUT2D eigenvalue weighted by atomic mass is 10.1. The fourth-order valence-electron chi connectivity index (χ4n) is 3.52. The molecule has 4 aromatic rings. The van der Waals surface area contributed by atoms with E-state index in [1.807, 2.05) is 0 Å². The first-order valence-corrected chi connectivity index (χ1v) is 12.5. The summed E-state index contributed by atoms with van der Waals surface area (Å²) in [5.41, 5.74) is 28.9. The molecule has 210 valence electrons. The zero-order valence-electron chi connectivity index (χ0n) is 22.2. The number of benzene rings is 4. The first-order chi connectivity index (χ1) is 20.3. The van der Waals surface area contributed by atoms with E-state index < -0.39 is 17.7 Å². The Morgan fingerprint density at radius 2 is 0.690 bits per heavy atom. The molecule has 0 saturated carbocycles. The standard InChI is InChI=1S/C30H27N9O3/c31-25-7-1-22(2-8-25)28(40)37-34-16-19-13-20(17-35-38-29(41)23-3-9-26(32)10-4-23)15-21(14-19)18-36-39-30(42)24-5-11-27(33)12-6-24/h1-18H,31-33H2,(H,37,40)(H,38,41)(H,39,42)/b34-16-,35-17-,36-18+. The summed E-state index contributed by atoms with van der Waals surface area (Å²) >= 11 is 0. The van der Waals surface area contributed by atoms with Gasteiger partial charge in [-0.1, -0.05) is 0 Å². The van der Waals surface area contributed by atoms with Crippen LogP contribution in [0.1, 0.15) is 47.8 Å². The molecule has 0 saturated heterocycles. The van der Waals surface area contributed by atoms with Gasteiger partial charge in [-0.05, 0) is 108 Å². The summed E-state index contributed by atoms with van der Waals surface area (Å²) in [5.74, 6) is -1.25.